The van der Waals surface area contributed by atoms with Crippen molar-refractivity contribution in [3.8, 4) is 0 Å². The normalized spacial score (nSPS) is 11.0. The van der Waals surface area contributed by atoms with E-state index in [1.54, 1.807) is 6.08 Å². The van der Waals surface area contributed by atoms with E-state index in [0.717, 1.165) is 12.8 Å². The standard InChI is InChI=1S/C9H18O2Si/c1-4-5-7-11-9(10)6-8-12(2)3/h6,8,12H,4-5,7H2,1-3H3. The molecule has 0 aromatic carbocycles. The number of hydrogen-bond donors (Lipinski definition) is 0. The van der Waals surface area contributed by atoms with Crippen molar-refractivity contribution in [1.82, 2.24) is 0 Å². The molecule has 12 heavy (non-hydrogen) atoms. The van der Waals surface area contributed by atoms with Crippen molar-refractivity contribution in [2.75, 3.05) is 6.61 Å². The molecule has 0 unspecified atom stereocenters. The molecule has 0 atom stereocenters. The molecule has 0 fully saturated rings. The molecule has 0 amide bonds. The van der Waals surface area contributed by atoms with Gasteiger partial charge in [0.1, 0.15) is 0 Å². The van der Waals surface area contributed by atoms with Crippen LogP contribution in [0.25, 0.3) is 0 Å². The lowest BCUT2D eigenvalue weighted by Gasteiger charge is -1.99. The average molecular weight is 186 g/mol. The van der Waals surface area contributed by atoms with Crippen LogP contribution in [-0.2, 0) is 9.53 Å². The molecule has 70 valence electrons. The number of rotatable bonds is 5. The van der Waals surface area contributed by atoms with E-state index >= 15 is 0 Å². The third kappa shape index (κ3) is 7.53. The van der Waals surface area contributed by atoms with Crippen molar-refractivity contribution in [2.24, 2.45) is 0 Å². The van der Waals surface area contributed by atoms with Gasteiger partial charge in [0.05, 0.1) is 15.4 Å². The summed E-state index contributed by atoms with van der Waals surface area (Å²) in [6.45, 7) is 6.95. The molecule has 0 aliphatic rings. The maximum atomic E-state index is 10.9. The zero-order valence-corrected chi connectivity index (χ0v) is 9.32. The van der Waals surface area contributed by atoms with Gasteiger partial charge in [0, 0.05) is 6.08 Å². The fourth-order valence-corrected chi connectivity index (χ4v) is 1.18. The Bertz CT molecular complexity index is 153. The summed E-state index contributed by atoms with van der Waals surface area (Å²) in [6.07, 6.45) is 3.58. The molecule has 0 heterocycles. The largest absolute Gasteiger partial charge is 0.463 e. The molecule has 0 aliphatic heterocycles. The molecule has 0 aliphatic carbocycles. The Kier molecular flexibility index (Phi) is 6.76. The van der Waals surface area contributed by atoms with Crippen molar-refractivity contribution in [3.63, 3.8) is 0 Å². The van der Waals surface area contributed by atoms with E-state index in [4.69, 9.17) is 4.74 Å². The lowest BCUT2D eigenvalue weighted by Crippen LogP contribution is -2.04. The van der Waals surface area contributed by atoms with Crippen LogP contribution in [0.2, 0.25) is 13.1 Å². The molecule has 0 saturated heterocycles. The van der Waals surface area contributed by atoms with Gasteiger partial charge in [-0.1, -0.05) is 32.1 Å². The van der Waals surface area contributed by atoms with Crippen LogP contribution in [0.5, 0.6) is 0 Å². The summed E-state index contributed by atoms with van der Waals surface area (Å²) in [5.74, 6) is -0.190. The van der Waals surface area contributed by atoms with Crippen LogP contribution in [0, 0.1) is 0 Å². The van der Waals surface area contributed by atoms with Gasteiger partial charge in [-0.15, -0.1) is 0 Å². The fourth-order valence-electron chi connectivity index (χ4n) is 0.636. The molecule has 0 rings (SSSR count). The smallest absolute Gasteiger partial charge is 0.330 e. The van der Waals surface area contributed by atoms with E-state index in [2.05, 4.69) is 20.0 Å². The van der Waals surface area contributed by atoms with Crippen LogP contribution in [0.1, 0.15) is 19.8 Å². The van der Waals surface area contributed by atoms with E-state index in [-0.39, 0.29) is 5.97 Å². The number of hydrogen-bond acceptors (Lipinski definition) is 2. The minimum Gasteiger partial charge on any atom is -0.463 e. The average Bonchev–Trinajstić information content (AvgIpc) is 2.01. The van der Waals surface area contributed by atoms with Gasteiger partial charge in [0.25, 0.3) is 0 Å². The minimum absolute atomic E-state index is 0.190. The Morgan fingerprint density at radius 2 is 2.17 bits per heavy atom. The first-order chi connectivity index (χ1) is 5.66. The molecule has 3 heteroatoms. The van der Waals surface area contributed by atoms with Crippen LogP contribution < -0.4 is 0 Å². The summed E-state index contributed by atoms with van der Waals surface area (Å²) >= 11 is 0. The Balaban J connectivity index is 3.46. The predicted octanol–water partition coefficient (Wildman–Crippen LogP) is 1.91. The first kappa shape index (κ1) is 11.4. The van der Waals surface area contributed by atoms with Crippen LogP contribution in [0.15, 0.2) is 11.8 Å². The SMILES string of the molecule is CCCCOC(=O)C=C[SiH](C)C. The summed E-state index contributed by atoms with van der Waals surface area (Å²) in [4.78, 5) is 10.9. The number of unbranched alkanes of at least 4 members (excludes halogenated alkanes) is 1. The van der Waals surface area contributed by atoms with Crippen LogP contribution in [-0.4, -0.2) is 21.4 Å². The van der Waals surface area contributed by atoms with Gasteiger partial charge in [-0.3, -0.25) is 0 Å². The maximum Gasteiger partial charge on any atom is 0.330 e. The van der Waals surface area contributed by atoms with Gasteiger partial charge in [-0.05, 0) is 6.42 Å². The number of esters is 1. The number of ether oxygens (including phenoxy) is 1. The second-order valence-corrected chi connectivity index (χ2v) is 6.00. The third-order valence-electron chi connectivity index (χ3n) is 1.36. The Hall–Kier alpha value is -0.573. The quantitative estimate of drug-likeness (QED) is 0.284. The summed E-state index contributed by atoms with van der Waals surface area (Å²) in [7, 11) is -0.749. The summed E-state index contributed by atoms with van der Waals surface area (Å²) in [5.41, 5.74) is 1.98. The van der Waals surface area contributed by atoms with Crippen molar-refractivity contribution in [3.05, 3.63) is 11.8 Å². The van der Waals surface area contributed by atoms with Gasteiger partial charge in [0.2, 0.25) is 0 Å². The Labute approximate surface area is 76.2 Å². The van der Waals surface area contributed by atoms with Crippen molar-refractivity contribution in [1.29, 1.82) is 0 Å². The van der Waals surface area contributed by atoms with Crippen molar-refractivity contribution in [2.45, 2.75) is 32.9 Å². The van der Waals surface area contributed by atoms with Crippen LogP contribution in [0.3, 0.4) is 0 Å². The molecule has 2 nitrogen and oxygen atoms in total. The Morgan fingerprint density at radius 1 is 1.50 bits per heavy atom. The zero-order chi connectivity index (χ0) is 9.40. The molecular formula is C9H18O2Si. The molecular weight excluding hydrogens is 168 g/mol. The van der Waals surface area contributed by atoms with E-state index in [0.29, 0.717) is 6.61 Å². The lowest BCUT2D eigenvalue weighted by atomic mass is 10.4. The maximum absolute atomic E-state index is 10.9. The molecule has 0 radical (unpaired) electrons. The highest BCUT2D eigenvalue weighted by atomic mass is 28.3. The fraction of sp³-hybridized carbons (Fsp3) is 0.667. The van der Waals surface area contributed by atoms with E-state index in [1.165, 1.54) is 0 Å². The molecule has 0 saturated carbocycles. The molecule has 0 spiro atoms. The van der Waals surface area contributed by atoms with Crippen LogP contribution in [0.4, 0.5) is 0 Å². The molecule has 0 aromatic heterocycles. The van der Waals surface area contributed by atoms with Gasteiger partial charge >= 0.3 is 5.97 Å². The predicted molar refractivity (Wildman–Crippen MR) is 53.9 cm³/mol. The van der Waals surface area contributed by atoms with Gasteiger partial charge in [-0.25, -0.2) is 4.79 Å². The molecule has 0 bridgehead atoms. The summed E-state index contributed by atoms with van der Waals surface area (Å²) in [5, 5.41) is 0. The van der Waals surface area contributed by atoms with Gasteiger partial charge < -0.3 is 4.74 Å². The first-order valence-corrected chi connectivity index (χ1v) is 7.49. The van der Waals surface area contributed by atoms with Crippen molar-refractivity contribution < 1.29 is 9.53 Å². The second-order valence-electron chi connectivity index (χ2n) is 3.12. The van der Waals surface area contributed by atoms with E-state index < -0.39 is 8.80 Å². The van der Waals surface area contributed by atoms with Gasteiger partial charge in [-0.2, -0.15) is 0 Å². The summed E-state index contributed by atoms with van der Waals surface area (Å²) in [6, 6.07) is 0. The number of carbonyl (C=O) groups is 1. The summed E-state index contributed by atoms with van der Waals surface area (Å²) < 4.78 is 4.93. The number of carbonyl (C=O) groups excluding carboxylic acids is 1. The first-order valence-electron chi connectivity index (χ1n) is 4.51. The zero-order valence-electron chi connectivity index (χ0n) is 8.17. The second kappa shape index (κ2) is 7.10. The lowest BCUT2D eigenvalue weighted by molar-refractivity contribution is -0.137. The Morgan fingerprint density at radius 3 is 2.67 bits per heavy atom. The van der Waals surface area contributed by atoms with E-state index in [1.807, 2.05) is 5.70 Å². The molecule has 0 N–H and O–H groups in total. The highest BCUT2D eigenvalue weighted by Gasteiger charge is 1.95. The van der Waals surface area contributed by atoms with Gasteiger partial charge in [0.15, 0.2) is 0 Å². The topological polar surface area (TPSA) is 26.3 Å². The highest BCUT2D eigenvalue weighted by molar-refractivity contribution is 6.61. The van der Waals surface area contributed by atoms with E-state index in [9.17, 15) is 4.79 Å². The highest BCUT2D eigenvalue weighted by Crippen LogP contribution is 1.90. The van der Waals surface area contributed by atoms with Crippen LogP contribution >= 0.6 is 0 Å². The monoisotopic (exact) mass is 186 g/mol. The van der Waals surface area contributed by atoms with Crippen molar-refractivity contribution >= 4 is 14.8 Å². The third-order valence-corrected chi connectivity index (χ3v) is 2.32. The molecule has 0 aromatic rings. The minimum atomic E-state index is -0.749.